The summed E-state index contributed by atoms with van der Waals surface area (Å²) in [6.45, 7) is 1.96. The van der Waals surface area contributed by atoms with Crippen molar-refractivity contribution < 1.29 is 19.5 Å². The number of benzene rings is 3. The van der Waals surface area contributed by atoms with Crippen LogP contribution in [0.1, 0.15) is 28.8 Å². The number of rotatable bonds is 5. The van der Waals surface area contributed by atoms with Crippen LogP contribution in [0.15, 0.2) is 54.6 Å². The number of aromatic hydroxyl groups is 1. The maximum Gasteiger partial charge on any atom is 0.259 e. The predicted molar refractivity (Wildman–Crippen MR) is 114 cm³/mol. The van der Waals surface area contributed by atoms with Gasteiger partial charge in [0, 0.05) is 35.0 Å². The van der Waals surface area contributed by atoms with Crippen molar-refractivity contribution in [3.05, 3.63) is 65.7 Å². The van der Waals surface area contributed by atoms with Gasteiger partial charge in [0.1, 0.15) is 5.75 Å². The van der Waals surface area contributed by atoms with Crippen LogP contribution < -0.4 is 10.6 Å². The molecule has 0 spiro atoms. The highest BCUT2D eigenvalue weighted by Crippen LogP contribution is 2.33. The second kappa shape index (κ2) is 7.87. The van der Waals surface area contributed by atoms with E-state index in [0.29, 0.717) is 22.1 Å². The highest BCUT2D eigenvalue weighted by molar-refractivity contribution is 6.11. The maximum atomic E-state index is 12.7. The molecule has 3 aromatic rings. The largest absolute Gasteiger partial charge is 0.506 e. The van der Waals surface area contributed by atoms with Crippen molar-refractivity contribution >= 4 is 39.9 Å². The van der Waals surface area contributed by atoms with Gasteiger partial charge in [0.2, 0.25) is 11.8 Å². The zero-order chi connectivity index (χ0) is 21.3. The monoisotopic (exact) mass is 403 g/mol. The third kappa shape index (κ3) is 3.57. The molecule has 0 unspecified atom stereocenters. The van der Waals surface area contributed by atoms with Crippen molar-refractivity contribution in [1.29, 1.82) is 0 Å². The average molecular weight is 403 g/mol. The number of hydrogen-bond acceptors (Lipinski definition) is 5. The average Bonchev–Trinajstić information content (AvgIpc) is 3.06. The molecule has 0 aliphatic carbocycles. The number of amides is 3. The van der Waals surface area contributed by atoms with Crippen molar-refractivity contribution in [2.45, 2.75) is 19.8 Å². The lowest BCUT2D eigenvalue weighted by atomic mass is 10.0. The van der Waals surface area contributed by atoms with Gasteiger partial charge in [-0.2, -0.15) is 0 Å². The molecule has 1 aliphatic heterocycles. The lowest BCUT2D eigenvalue weighted by Crippen LogP contribution is -2.33. The lowest BCUT2D eigenvalue weighted by Gasteiger charge is -2.17. The summed E-state index contributed by atoms with van der Waals surface area (Å²) in [7, 11) is 0. The zero-order valence-corrected chi connectivity index (χ0v) is 16.4. The fourth-order valence-electron chi connectivity index (χ4n) is 3.55. The molecule has 7 nitrogen and oxygen atoms in total. The van der Waals surface area contributed by atoms with E-state index < -0.39 is 5.91 Å². The molecule has 152 valence electrons. The number of nitrogens with zero attached hydrogens (tertiary/aromatic N) is 1. The Morgan fingerprint density at radius 3 is 2.37 bits per heavy atom. The lowest BCUT2D eigenvalue weighted by molar-refractivity contribution is -0.137. The summed E-state index contributed by atoms with van der Waals surface area (Å²) in [5.41, 5.74) is 2.41. The van der Waals surface area contributed by atoms with Crippen molar-refractivity contribution in [3.8, 4) is 5.75 Å². The maximum absolute atomic E-state index is 12.7. The van der Waals surface area contributed by atoms with Gasteiger partial charge in [0.05, 0.1) is 12.2 Å². The van der Waals surface area contributed by atoms with E-state index in [9.17, 15) is 19.5 Å². The molecule has 3 amide bonds. The summed E-state index contributed by atoms with van der Waals surface area (Å²) in [5, 5.41) is 17.8. The molecule has 4 rings (SSSR count). The van der Waals surface area contributed by atoms with Gasteiger partial charge >= 0.3 is 0 Å². The molecular formula is C23H21N3O4. The van der Waals surface area contributed by atoms with E-state index in [1.807, 2.05) is 25.1 Å². The molecule has 3 aromatic carbocycles. The zero-order valence-electron chi connectivity index (χ0n) is 16.4. The molecule has 1 fully saturated rings. The summed E-state index contributed by atoms with van der Waals surface area (Å²) < 4.78 is 0. The molecule has 0 radical (unpaired) electrons. The van der Waals surface area contributed by atoms with Gasteiger partial charge in [-0.15, -0.1) is 0 Å². The molecule has 0 atom stereocenters. The first-order chi connectivity index (χ1) is 14.5. The molecule has 1 saturated heterocycles. The van der Waals surface area contributed by atoms with E-state index in [4.69, 9.17) is 0 Å². The molecule has 30 heavy (non-hydrogen) atoms. The van der Waals surface area contributed by atoms with Gasteiger partial charge in [0.15, 0.2) is 0 Å². The molecule has 7 heteroatoms. The van der Waals surface area contributed by atoms with Crippen LogP contribution in [0.25, 0.3) is 10.8 Å². The van der Waals surface area contributed by atoms with Crippen LogP contribution in [0.4, 0.5) is 11.4 Å². The van der Waals surface area contributed by atoms with E-state index in [1.54, 1.807) is 36.4 Å². The summed E-state index contributed by atoms with van der Waals surface area (Å²) in [6.07, 6.45) is 0.465. The highest BCUT2D eigenvalue weighted by atomic mass is 16.3. The van der Waals surface area contributed by atoms with Crippen molar-refractivity contribution in [2.24, 2.45) is 0 Å². The number of fused-ring (bicyclic) bond motifs is 1. The summed E-state index contributed by atoms with van der Waals surface area (Å²) in [5.74, 6) is -0.942. The Morgan fingerprint density at radius 1 is 0.933 bits per heavy atom. The minimum atomic E-state index is -0.407. The third-order valence-electron chi connectivity index (χ3n) is 5.25. The van der Waals surface area contributed by atoms with Crippen LogP contribution in [0.3, 0.4) is 0 Å². The predicted octanol–water partition coefficient (Wildman–Crippen LogP) is 3.62. The Kier molecular flexibility index (Phi) is 5.10. The van der Waals surface area contributed by atoms with Crippen molar-refractivity contribution in [1.82, 2.24) is 4.90 Å². The van der Waals surface area contributed by atoms with Crippen molar-refractivity contribution in [2.75, 3.05) is 17.3 Å². The number of likely N-dealkylation sites (tertiary alicyclic amines) is 1. The van der Waals surface area contributed by atoms with Crippen LogP contribution in [0.2, 0.25) is 0 Å². The normalized spacial score (nSPS) is 13.7. The Bertz CT molecular complexity index is 1160. The van der Waals surface area contributed by atoms with Gasteiger partial charge < -0.3 is 15.7 Å². The number of para-hydroxylation sites is 1. The number of hydrogen-bond donors (Lipinski definition) is 3. The van der Waals surface area contributed by atoms with E-state index >= 15 is 0 Å². The molecule has 1 heterocycles. The van der Waals surface area contributed by atoms with E-state index in [2.05, 4.69) is 10.6 Å². The van der Waals surface area contributed by atoms with Gasteiger partial charge in [0.25, 0.3) is 5.91 Å². The fraction of sp³-hybridized carbons (Fsp3) is 0.174. The molecule has 0 bridgehead atoms. The van der Waals surface area contributed by atoms with Gasteiger partial charge in [-0.05, 0) is 30.7 Å². The molecule has 1 aliphatic rings. The van der Waals surface area contributed by atoms with Crippen LogP contribution in [-0.2, 0) is 9.59 Å². The smallest absolute Gasteiger partial charge is 0.259 e. The van der Waals surface area contributed by atoms with Crippen LogP contribution in [-0.4, -0.2) is 34.4 Å². The van der Waals surface area contributed by atoms with E-state index in [-0.39, 0.29) is 42.6 Å². The summed E-state index contributed by atoms with van der Waals surface area (Å²) >= 11 is 0. The Hall–Kier alpha value is -3.87. The molecule has 3 N–H and O–H groups in total. The SMILES string of the molecule is Cc1ccccc1NC(=O)c1ccc2c(NCN3C(=O)CCC3=O)cccc2c1O. The molecular weight excluding hydrogens is 382 g/mol. The number of carbonyl (C=O) groups is 3. The topological polar surface area (TPSA) is 98.7 Å². The minimum Gasteiger partial charge on any atom is -0.506 e. The Balaban J connectivity index is 1.60. The second-order valence-corrected chi connectivity index (χ2v) is 7.18. The Labute approximate surface area is 173 Å². The fourth-order valence-corrected chi connectivity index (χ4v) is 3.55. The van der Waals surface area contributed by atoms with E-state index in [1.165, 1.54) is 4.90 Å². The first-order valence-electron chi connectivity index (χ1n) is 9.64. The molecule has 0 aromatic heterocycles. The second-order valence-electron chi connectivity index (χ2n) is 7.18. The number of imide groups is 1. The minimum absolute atomic E-state index is 0.0626. The summed E-state index contributed by atoms with van der Waals surface area (Å²) in [6, 6.07) is 15.9. The van der Waals surface area contributed by atoms with Crippen LogP contribution in [0.5, 0.6) is 5.75 Å². The number of phenols is 1. The quantitative estimate of drug-likeness (QED) is 0.565. The number of phenolic OH excluding ortho intramolecular Hbond substituents is 1. The van der Waals surface area contributed by atoms with Crippen LogP contribution >= 0.6 is 0 Å². The standard InChI is InChI=1S/C23H21N3O4/c1-14-5-2-3-7-18(14)25-23(30)17-10-9-15-16(22(17)29)6-4-8-19(15)24-13-26-20(27)11-12-21(26)28/h2-10,24,29H,11-13H2,1H3,(H,25,30). The number of nitrogens with one attached hydrogen (secondary N) is 2. The first-order valence-corrected chi connectivity index (χ1v) is 9.64. The van der Waals surface area contributed by atoms with Gasteiger partial charge in [-0.25, -0.2) is 0 Å². The highest BCUT2D eigenvalue weighted by Gasteiger charge is 2.28. The number of anilines is 2. The molecule has 0 saturated carbocycles. The third-order valence-corrected chi connectivity index (χ3v) is 5.25. The number of aryl methyl sites for hydroxylation is 1. The van der Waals surface area contributed by atoms with Crippen molar-refractivity contribution in [3.63, 3.8) is 0 Å². The van der Waals surface area contributed by atoms with Gasteiger partial charge in [-0.3, -0.25) is 19.3 Å². The number of carbonyl (C=O) groups excluding carboxylic acids is 3. The van der Waals surface area contributed by atoms with Gasteiger partial charge in [-0.1, -0.05) is 36.4 Å². The Morgan fingerprint density at radius 2 is 1.63 bits per heavy atom. The summed E-state index contributed by atoms with van der Waals surface area (Å²) in [4.78, 5) is 37.5. The van der Waals surface area contributed by atoms with Crippen LogP contribution in [0, 0.1) is 6.92 Å². The van der Waals surface area contributed by atoms with E-state index in [0.717, 1.165) is 5.56 Å². The first kappa shape index (κ1) is 19.4.